The van der Waals surface area contributed by atoms with Crippen LogP contribution in [-0.2, 0) is 17.8 Å². The number of benzene rings is 2. The number of para-hydroxylation sites is 1. The number of fused-ring (bicyclic) bond motifs is 1. The van der Waals surface area contributed by atoms with E-state index in [1.807, 2.05) is 24.3 Å². The summed E-state index contributed by atoms with van der Waals surface area (Å²) in [6.45, 7) is 4.95. The number of carbonyl (C=O) groups excluding carboxylic acids is 1. The monoisotopic (exact) mass is 479 g/mol. The molecule has 34 heavy (non-hydrogen) atoms. The molecule has 2 aliphatic rings. The third-order valence-corrected chi connectivity index (χ3v) is 6.95. The number of nitrogens with zero attached hydrogens (tertiary/aromatic N) is 4. The van der Waals surface area contributed by atoms with Gasteiger partial charge in [0.25, 0.3) is 0 Å². The highest BCUT2D eigenvalue weighted by atomic mass is 35.5. The number of hydrogen-bond donors (Lipinski definition) is 1. The maximum absolute atomic E-state index is 12.8. The van der Waals surface area contributed by atoms with E-state index in [2.05, 4.69) is 49.5 Å². The van der Waals surface area contributed by atoms with E-state index in [4.69, 9.17) is 16.1 Å². The van der Waals surface area contributed by atoms with E-state index in [1.54, 1.807) is 0 Å². The molecule has 3 heterocycles. The molecule has 7 nitrogen and oxygen atoms in total. The Morgan fingerprint density at radius 1 is 1.15 bits per heavy atom. The Hall–Kier alpha value is -2.90. The lowest BCUT2D eigenvalue weighted by Gasteiger charge is -2.31. The van der Waals surface area contributed by atoms with Crippen LogP contribution in [0.3, 0.4) is 0 Å². The molecule has 1 amide bonds. The van der Waals surface area contributed by atoms with E-state index in [0.29, 0.717) is 36.4 Å². The largest absolute Gasteiger partial charge is 0.371 e. The standard InChI is InChI=1S/C26H30ClN5O2/c27-22-10-8-20(9-11-22)25-29-24(34-30-25)18-31-14-3-6-21(17-31)26(33)28-13-4-15-32-16-12-19-5-1-2-7-23(19)32/h1-2,5,7-11,21H,3-4,6,12-18H2,(H,28,33). The van der Waals surface area contributed by atoms with Gasteiger partial charge < -0.3 is 14.7 Å². The van der Waals surface area contributed by atoms with E-state index < -0.39 is 0 Å². The minimum atomic E-state index is -0.0000743. The molecule has 1 atom stereocenters. The Morgan fingerprint density at radius 3 is 2.88 bits per heavy atom. The molecule has 0 bridgehead atoms. The molecule has 1 fully saturated rings. The van der Waals surface area contributed by atoms with Crippen LogP contribution in [0.2, 0.25) is 5.02 Å². The highest BCUT2D eigenvalue weighted by molar-refractivity contribution is 6.30. The Morgan fingerprint density at radius 2 is 2.00 bits per heavy atom. The lowest BCUT2D eigenvalue weighted by molar-refractivity contribution is -0.126. The zero-order valence-electron chi connectivity index (χ0n) is 19.3. The molecule has 0 radical (unpaired) electrons. The molecule has 3 aromatic rings. The van der Waals surface area contributed by atoms with Gasteiger partial charge >= 0.3 is 0 Å². The van der Waals surface area contributed by atoms with Gasteiger partial charge in [0.15, 0.2) is 0 Å². The van der Waals surface area contributed by atoms with Crippen LogP contribution in [0.15, 0.2) is 53.1 Å². The van der Waals surface area contributed by atoms with Gasteiger partial charge in [-0.2, -0.15) is 4.98 Å². The van der Waals surface area contributed by atoms with Crippen molar-refractivity contribution in [3.8, 4) is 11.4 Å². The fraction of sp³-hybridized carbons (Fsp3) is 0.423. The van der Waals surface area contributed by atoms with Gasteiger partial charge in [-0.05, 0) is 68.1 Å². The summed E-state index contributed by atoms with van der Waals surface area (Å²) in [5, 5.41) is 7.93. The van der Waals surface area contributed by atoms with Gasteiger partial charge in [0.1, 0.15) is 0 Å². The predicted molar refractivity (Wildman–Crippen MR) is 133 cm³/mol. The lowest BCUT2D eigenvalue weighted by Crippen LogP contribution is -2.43. The second-order valence-corrected chi connectivity index (χ2v) is 9.54. The van der Waals surface area contributed by atoms with Gasteiger partial charge in [-0.15, -0.1) is 0 Å². The Balaban J connectivity index is 1.07. The molecule has 0 spiro atoms. The van der Waals surface area contributed by atoms with Gasteiger partial charge in [-0.25, -0.2) is 0 Å². The van der Waals surface area contributed by atoms with Crippen molar-refractivity contribution in [1.82, 2.24) is 20.4 Å². The van der Waals surface area contributed by atoms with E-state index in [9.17, 15) is 4.79 Å². The van der Waals surface area contributed by atoms with Gasteiger partial charge in [0, 0.05) is 42.5 Å². The minimum absolute atomic E-state index is 0.0000743. The van der Waals surface area contributed by atoms with Crippen molar-refractivity contribution < 1.29 is 9.32 Å². The van der Waals surface area contributed by atoms with Crippen molar-refractivity contribution in [2.45, 2.75) is 32.2 Å². The number of amides is 1. The van der Waals surface area contributed by atoms with Crippen LogP contribution >= 0.6 is 11.6 Å². The second-order valence-electron chi connectivity index (χ2n) is 9.10. The Labute approximate surface area is 205 Å². The van der Waals surface area contributed by atoms with Gasteiger partial charge in [0.05, 0.1) is 12.5 Å². The molecular weight excluding hydrogens is 450 g/mol. The van der Waals surface area contributed by atoms with Crippen molar-refractivity contribution in [3.05, 3.63) is 65.0 Å². The smallest absolute Gasteiger partial charge is 0.241 e. The summed E-state index contributed by atoms with van der Waals surface area (Å²) in [6.07, 6.45) is 3.97. The quantitative estimate of drug-likeness (QED) is 0.489. The van der Waals surface area contributed by atoms with Crippen molar-refractivity contribution in [1.29, 1.82) is 0 Å². The second kappa shape index (κ2) is 10.6. The molecule has 0 aliphatic carbocycles. The summed E-state index contributed by atoms with van der Waals surface area (Å²) in [5.74, 6) is 1.27. The number of likely N-dealkylation sites (tertiary alicyclic amines) is 1. The van der Waals surface area contributed by atoms with Crippen molar-refractivity contribution in [2.75, 3.05) is 37.6 Å². The summed E-state index contributed by atoms with van der Waals surface area (Å²) in [5.41, 5.74) is 3.64. The molecule has 1 saturated heterocycles. The van der Waals surface area contributed by atoms with Gasteiger partial charge in [0.2, 0.25) is 17.6 Å². The number of anilines is 1. The maximum Gasteiger partial charge on any atom is 0.241 e. The lowest BCUT2D eigenvalue weighted by atomic mass is 9.97. The van der Waals surface area contributed by atoms with Crippen LogP contribution in [0.4, 0.5) is 5.69 Å². The maximum atomic E-state index is 12.8. The predicted octanol–water partition coefficient (Wildman–Crippen LogP) is 4.17. The first-order valence-electron chi connectivity index (χ1n) is 12.1. The van der Waals surface area contributed by atoms with Crippen LogP contribution in [-0.4, -0.2) is 53.7 Å². The zero-order chi connectivity index (χ0) is 23.3. The van der Waals surface area contributed by atoms with Crippen LogP contribution in [0.1, 0.15) is 30.7 Å². The van der Waals surface area contributed by atoms with Crippen LogP contribution < -0.4 is 10.2 Å². The average Bonchev–Trinajstić information content (AvgIpc) is 3.50. The molecule has 1 aromatic heterocycles. The van der Waals surface area contributed by atoms with Gasteiger partial charge in [-0.3, -0.25) is 9.69 Å². The number of carbonyl (C=O) groups is 1. The first-order chi connectivity index (χ1) is 16.7. The zero-order valence-corrected chi connectivity index (χ0v) is 20.0. The molecule has 0 saturated carbocycles. The summed E-state index contributed by atoms with van der Waals surface area (Å²) in [4.78, 5) is 22.0. The number of halogens is 1. The van der Waals surface area contributed by atoms with E-state index >= 15 is 0 Å². The van der Waals surface area contributed by atoms with E-state index in [-0.39, 0.29) is 11.8 Å². The highest BCUT2D eigenvalue weighted by Crippen LogP contribution is 2.27. The molecular formula is C26H30ClN5O2. The van der Waals surface area contributed by atoms with Crippen LogP contribution in [0.25, 0.3) is 11.4 Å². The minimum Gasteiger partial charge on any atom is -0.371 e. The molecule has 2 aliphatic heterocycles. The molecule has 5 rings (SSSR count). The van der Waals surface area contributed by atoms with Crippen molar-refractivity contribution in [2.24, 2.45) is 5.92 Å². The van der Waals surface area contributed by atoms with E-state index in [1.165, 1.54) is 11.3 Å². The molecule has 178 valence electrons. The van der Waals surface area contributed by atoms with Crippen LogP contribution in [0, 0.1) is 5.92 Å². The number of nitrogens with one attached hydrogen (secondary N) is 1. The number of aromatic nitrogens is 2. The van der Waals surface area contributed by atoms with E-state index in [0.717, 1.165) is 50.9 Å². The van der Waals surface area contributed by atoms with Crippen molar-refractivity contribution in [3.63, 3.8) is 0 Å². The summed E-state index contributed by atoms with van der Waals surface area (Å²) in [7, 11) is 0. The normalized spacial score (nSPS) is 18.1. The number of rotatable bonds is 8. The third kappa shape index (κ3) is 5.42. The summed E-state index contributed by atoms with van der Waals surface area (Å²) in [6, 6.07) is 16.0. The van der Waals surface area contributed by atoms with Crippen LogP contribution in [0.5, 0.6) is 0 Å². The first kappa shape index (κ1) is 22.9. The highest BCUT2D eigenvalue weighted by Gasteiger charge is 2.27. The number of piperidine rings is 1. The average molecular weight is 480 g/mol. The number of hydrogen-bond acceptors (Lipinski definition) is 6. The molecule has 2 aromatic carbocycles. The first-order valence-corrected chi connectivity index (χ1v) is 12.4. The topological polar surface area (TPSA) is 74.5 Å². The third-order valence-electron chi connectivity index (χ3n) is 6.69. The summed E-state index contributed by atoms with van der Waals surface area (Å²) < 4.78 is 5.46. The Bertz CT molecular complexity index is 1120. The Kier molecular flexibility index (Phi) is 7.11. The van der Waals surface area contributed by atoms with Crippen molar-refractivity contribution >= 4 is 23.2 Å². The molecule has 1 N–H and O–H groups in total. The fourth-order valence-corrected chi connectivity index (χ4v) is 5.03. The molecule has 1 unspecified atom stereocenters. The summed E-state index contributed by atoms with van der Waals surface area (Å²) >= 11 is 5.95. The van der Waals surface area contributed by atoms with Gasteiger partial charge in [-0.1, -0.05) is 35.0 Å². The fourth-order valence-electron chi connectivity index (χ4n) is 4.90. The SMILES string of the molecule is O=C(NCCCN1CCc2ccccc21)C1CCCN(Cc2nc(-c3ccc(Cl)cc3)no2)C1. The molecule has 8 heteroatoms.